The lowest BCUT2D eigenvalue weighted by Crippen LogP contribution is -2.13. The second-order valence-electron chi connectivity index (χ2n) is 2.30. The Hall–Kier alpha value is -0.370. The highest BCUT2D eigenvalue weighted by molar-refractivity contribution is 5.54. The third kappa shape index (κ3) is 0.892. The lowest BCUT2D eigenvalue weighted by molar-refractivity contribution is -0.113. The van der Waals surface area contributed by atoms with Crippen LogP contribution in [0.4, 0.5) is 0 Å². The lowest BCUT2D eigenvalue weighted by Gasteiger charge is -2.02. The van der Waals surface area contributed by atoms with E-state index in [2.05, 4.69) is 0 Å². The zero-order valence-electron chi connectivity index (χ0n) is 4.71. The molecular weight excluding hydrogens is 104 g/mol. The topological polar surface area (TPSA) is 37.3 Å². The third-order valence-electron chi connectivity index (χ3n) is 1.71. The number of aliphatic hydroxyl groups is 1. The molecule has 1 saturated carbocycles. The molecule has 0 radical (unpaired) electrons. The zero-order chi connectivity index (χ0) is 5.98. The Bertz CT molecular complexity index is 90.5. The molecule has 1 fully saturated rings. The standard InChI is InChI=1S/C6H10O2/c7-4-5-2-1-3-6(5)8/h4-6,8H,1-3H2/t5-,6+/m1/s1. The molecule has 0 saturated heterocycles. The van der Waals surface area contributed by atoms with Crippen molar-refractivity contribution in [2.45, 2.75) is 25.4 Å². The molecule has 46 valence electrons. The van der Waals surface area contributed by atoms with Gasteiger partial charge in [0, 0.05) is 5.92 Å². The zero-order valence-corrected chi connectivity index (χ0v) is 4.71. The second-order valence-corrected chi connectivity index (χ2v) is 2.30. The van der Waals surface area contributed by atoms with Gasteiger partial charge in [0.25, 0.3) is 0 Å². The van der Waals surface area contributed by atoms with Crippen LogP contribution in [0.15, 0.2) is 0 Å². The average Bonchev–Trinajstić information content (AvgIpc) is 2.14. The van der Waals surface area contributed by atoms with E-state index >= 15 is 0 Å². The number of rotatable bonds is 1. The average molecular weight is 114 g/mol. The van der Waals surface area contributed by atoms with Crippen LogP contribution in [0.3, 0.4) is 0 Å². The largest absolute Gasteiger partial charge is 0.392 e. The summed E-state index contributed by atoms with van der Waals surface area (Å²) in [7, 11) is 0. The molecule has 2 heteroatoms. The Morgan fingerprint density at radius 2 is 2.25 bits per heavy atom. The van der Waals surface area contributed by atoms with Crippen LogP contribution in [-0.2, 0) is 4.79 Å². The molecule has 8 heavy (non-hydrogen) atoms. The quantitative estimate of drug-likeness (QED) is 0.499. The highest BCUT2D eigenvalue weighted by Gasteiger charge is 2.23. The monoisotopic (exact) mass is 114 g/mol. The maximum atomic E-state index is 10.1. The van der Waals surface area contributed by atoms with E-state index in [4.69, 9.17) is 5.11 Å². The van der Waals surface area contributed by atoms with E-state index in [-0.39, 0.29) is 12.0 Å². The van der Waals surface area contributed by atoms with E-state index in [0.29, 0.717) is 0 Å². The number of carbonyl (C=O) groups is 1. The van der Waals surface area contributed by atoms with Gasteiger partial charge >= 0.3 is 0 Å². The Morgan fingerprint density at radius 1 is 1.50 bits per heavy atom. The smallest absolute Gasteiger partial charge is 0.125 e. The summed E-state index contributed by atoms with van der Waals surface area (Å²) in [6, 6.07) is 0. The van der Waals surface area contributed by atoms with Crippen molar-refractivity contribution in [2.75, 3.05) is 0 Å². The van der Waals surface area contributed by atoms with Crippen molar-refractivity contribution >= 4 is 6.29 Å². The minimum atomic E-state index is -0.340. The molecule has 0 aliphatic heterocycles. The highest BCUT2D eigenvalue weighted by Crippen LogP contribution is 2.22. The molecule has 0 heterocycles. The molecular formula is C6H10O2. The SMILES string of the molecule is O=C[C@H]1CCC[C@@H]1O. The fraction of sp³-hybridized carbons (Fsp3) is 0.833. The normalized spacial score (nSPS) is 37.6. The first-order chi connectivity index (χ1) is 3.84. The van der Waals surface area contributed by atoms with E-state index in [1.54, 1.807) is 0 Å². The van der Waals surface area contributed by atoms with Crippen LogP contribution in [0.2, 0.25) is 0 Å². The molecule has 1 N–H and O–H groups in total. The summed E-state index contributed by atoms with van der Waals surface area (Å²) in [4.78, 5) is 10.1. The van der Waals surface area contributed by atoms with Crippen molar-refractivity contribution in [3.05, 3.63) is 0 Å². The fourth-order valence-corrected chi connectivity index (χ4v) is 1.13. The molecule has 1 aliphatic carbocycles. The van der Waals surface area contributed by atoms with Crippen molar-refractivity contribution in [1.82, 2.24) is 0 Å². The van der Waals surface area contributed by atoms with Crippen molar-refractivity contribution in [3.8, 4) is 0 Å². The van der Waals surface area contributed by atoms with Gasteiger partial charge in [-0.15, -0.1) is 0 Å². The van der Waals surface area contributed by atoms with Crippen LogP contribution >= 0.6 is 0 Å². The summed E-state index contributed by atoms with van der Waals surface area (Å²) >= 11 is 0. The Kier molecular flexibility index (Phi) is 1.63. The molecule has 0 unspecified atom stereocenters. The van der Waals surface area contributed by atoms with E-state index in [9.17, 15) is 4.79 Å². The predicted molar refractivity (Wildman–Crippen MR) is 29.4 cm³/mol. The third-order valence-corrected chi connectivity index (χ3v) is 1.71. The first kappa shape index (κ1) is 5.76. The van der Waals surface area contributed by atoms with Crippen LogP contribution in [0.1, 0.15) is 19.3 Å². The predicted octanol–water partition coefficient (Wildman–Crippen LogP) is 0.346. The molecule has 2 nitrogen and oxygen atoms in total. The van der Waals surface area contributed by atoms with Crippen molar-refractivity contribution < 1.29 is 9.90 Å². The summed E-state index contributed by atoms with van der Waals surface area (Å²) in [5, 5.41) is 8.96. The van der Waals surface area contributed by atoms with Crippen molar-refractivity contribution in [1.29, 1.82) is 0 Å². The van der Waals surface area contributed by atoms with Gasteiger partial charge in [-0.2, -0.15) is 0 Å². The minimum Gasteiger partial charge on any atom is -0.392 e. The highest BCUT2D eigenvalue weighted by atomic mass is 16.3. The number of aldehydes is 1. The number of aliphatic hydroxyl groups excluding tert-OH is 1. The first-order valence-corrected chi connectivity index (χ1v) is 2.98. The van der Waals surface area contributed by atoms with Gasteiger partial charge in [0.2, 0.25) is 0 Å². The van der Waals surface area contributed by atoms with Crippen LogP contribution in [0.25, 0.3) is 0 Å². The van der Waals surface area contributed by atoms with E-state index in [0.717, 1.165) is 25.5 Å². The summed E-state index contributed by atoms with van der Waals surface area (Å²) in [5.74, 6) is -0.0602. The summed E-state index contributed by atoms with van der Waals surface area (Å²) in [6.45, 7) is 0. The maximum Gasteiger partial charge on any atom is 0.125 e. The van der Waals surface area contributed by atoms with E-state index in [1.165, 1.54) is 0 Å². The summed E-state index contributed by atoms with van der Waals surface area (Å²) in [6.07, 6.45) is 3.21. The van der Waals surface area contributed by atoms with E-state index < -0.39 is 0 Å². The Balaban J connectivity index is 2.41. The van der Waals surface area contributed by atoms with Crippen LogP contribution in [0.5, 0.6) is 0 Å². The van der Waals surface area contributed by atoms with Gasteiger partial charge in [0.05, 0.1) is 6.10 Å². The number of hydrogen-bond acceptors (Lipinski definition) is 2. The molecule has 0 amide bonds. The number of carbonyl (C=O) groups excluding carboxylic acids is 1. The molecule has 1 rings (SSSR count). The van der Waals surface area contributed by atoms with Crippen molar-refractivity contribution in [3.63, 3.8) is 0 Å². The second kappa shape index (κ2) is 2.27. The number of hydrogen-bond donors (Lipinski definition) is 1. The van der Waals surface area contributed by atoms with Gasteiger partial charge in [-0.1, -0.05) is 6.42 Å². The van der Waals surface area contributed by atoms with Crippen LogP contribution < -0.4 is 0 Å². The molecule has 0 aromatic heterocycles. The molecule has 0 bridgehead atoms. The maximum absolute atomic E-state index is 10.1. The van der Waals surface area contributed by atoms with Crippen molar-refractivity contribution in [2.24, 2.45) is 5.92 Å². The first-order valence-electron chi connectivity index (χ1n) is 2.98. The molecule has 0 spiro atoms. The van der Waals surface area contributed by atoms with Gasteiger partial charge in [0.1, 0.15) is 6.29 Å². The van der Waals surface area contributed by atoms with Gasteiger partial charge in [-0.25, -0.2) is 0 Å². The van der Waals surface area contributed by atoms with Gasteiger partial charge < -0.3 is 9.90 Å². The summed E-state index contributed by atoms with van der Waals surface area (Å²) in [5.41, 5.74) is 0. The summed E-state index contributed by atoms with van der Waals surface area (Å²) < 4.78 is 0. The Morgan fingerprint density at radius 3 is 2.50 bits per heavy atom. The van der Waals surface area contributed by atoms with Gasteiger partial charge in [-0.05, 0) is 12.8 Å². The van der Waals surface area contributed by atoms with Gasteiger partial charge in [0.15, 0.2) is 0 Å². The van der Waals surface area contributed by atoms with Gasteiger partial charge in [-0.3, -0.25) is 0 Å². The van der Waals surface area contributed by atoms with E-state index in [1.807, 2.05) is 0 Å². The van der Waals surface area contributed by atoms with Crippen LogP contribution in [-0.4, -0.2) is 17.5 Å². The molecule has 0 aromatic carbocycles. The minimum absolute atomic E-state index is 0.0602. The molecule has 1 aliphatic rings. The lowest BCUT2D eigenvalue weighted by atomic mass is 10.1. The Labute approximate surface area is 48.5 Å². The molecule has 2 atom stereocenters. The van der Waals surface area contributed by atoms with Crippen LogP contribution in [0, 0.1) is 5.92 Å². The fourth-order valence-electron chi connectivity index (χ4n) is 1.13. The molecule has 0 aromatic rings.